The number of carbonyl (C=O) groups is 2. The van der Waals surface area contributed by atoms with Gasteiger partial charge >= 0.3 is 11.9 Å². The van der Waals surface area contributed by atoms with Gasteiger partial charge < -0.3 is 33.9 Å². The first-order chi connectivity index (χ1) is 19.3. The Morgan fingerprint density at radius 1 is 1.15 bits per heavy atom. The van der Waals surface area contributed by atoms with Gasteiger partial charge in [-0.2, -0.15) is 0 Å². The molecule has 6 rings (SSSR count). The zero-order valence-corrected chi connectivity index (χ0v) is 24.3. The van der Waals surface area contributed by atoms with Crippen LogP contribution in [0, 0.1) is 16.7 Å². The molecule has 4 fully saturated rings. The van der Waals surface area contributed by atoms with E-state index in [1.165, 1.54) is 6.92 Å². The normalized spacial score (nSPS) is 44.2. The van der Waals surface area contributed by atoms with E-state index >= 15 is 0 Å². The summed E-state index contributed by atoms with van der Waals surface area (Å²) in [6.45, 7) is 13.0. The van der Waals surface area contributed by atoms with Gasteiger partial charge in [0.15, 0.2) is 11.9 Å². The Kier molecular flexibility index (Phi) is 6.60. The van der Waals surface area contributed by atoms with Crippen LogP contribution in [0.3, 0.4) is 0 Å². The van der Waals surface area contributed by atoms with E-state index in [1.54, 1.807) is 36.4 Å². The van der Waals surface area contributed by atoms with E-state index in [-0.39, 0.29) is 13.0 Å². The number of fused-ring (bicyclic) bond motifs is 8. The highest BCUT2D eigenvalue weighted by Crippen LogP contribution is 2.66. The minimum Gasteiger partial charge on any atom is -0.455 e. The molecule has 0 aromatic heterocycles. The van der Waals surface area contributed by atoms with Gasteiger partial charge in [-0.1, -0.05) is 45.5 Å². The molecule has 3 aliphatic carbocycles. The van der Waals surface area contributed by atoms with Crippen molar-refractivity contribution < 1.29 is 43.5 Å². The van der Waals surface area contributed by atoms with Crippen LogP contribution in [-0.4, -0.2) is 76.8 Å². The molecule has 2 saturated heterocycles. The molecular formula is C32H40O9. The molecule has 2 bridgehead atoms. The van der Waals surface area contributed by atoms with Crippen molar-refractivity contribution in [3.63, 3.8) is 0 Å². The van der Waals surface area contributed by atoms with Crippen LogP contribution in [0.2, 0.25) is 0 Å². The summed E-state index contributed by atoms with van der Waals surface area (Å²) in [5.41, 5.74) is -3.07. The molecule has 0 amide bonds. The third-order valence-corrected chi connectivity index (χ3v) is 10.7. The first-order valence-electron chi connectivity index (χ1n) is 14.4. The Labute approximate surface area is 240 Å². The second-order valence-corrected chi connectivity index (χ2v) is 13.1. The minimum atomic E-state index is -1.77. The van der Waals surface area contributed by atoms with Crippen molar-refractivity contribution in [1.29, 1.82) is 0 Å². The fourth-order valence-electron chi connectivity index (χ4n) is 8.64. The maximum Gasteiger partial charge on any atom is 0.338 e. The van der Waals surface area contributed by atoms with Gasteiger partial charge in [-0.15, -0.1) is 0 Å². The number of esters is 2. The van der Waals surface area contributed by atoms with E-state index in [0.29, 0.717) is 24.0 Å². The van der Waals surface area contributed by atoms with Crippen molar-refractivity contribution in [2.75, 3.05) is 6.61 Å². The topological polar surface area (TPSA) is 121 Å². The first-order valence-corrected chi connectivity index (χ1v) is 14.4. The molecule has 0 radical (unpaired) electrons. The Morgan fingerprint density at radius 3 is 2.46 bits per heavy atom. The molecule has 2 aliphatic heterocycles. The monoisotopic (exact) mass is 568 g/mol. The van der Waals surface area contributed by atoms with Crippen LogP contribution >= 0.6 is 0 Å². The van der Waals surface area contributed by atoms with E-state index < -0.39 is 76.7 Å². The summed E-state index contributed by atoms with van der Waals surface area (Å²) in [5, 5.41) is 24.4. The Balaban J connectivity index is 1.62. The van der Waals surface area contributed by atoms with E-state index in [1.807, 2.05) is 27.7 Å². The van der Waals surface area contributed by atoms with Gasteiger partial charge in [-0.05, 0) is 49.1 Å². The molecule has 9 nitrogen and oxygen atoms in total. The van der Waals surface area contributed by atoms with Crippen LogP contribution < -0.4 is 0 Å². The lowest BCUT2D eigenvalue weighted by molar-refractivity contribution is -0.345. The van der Waals surface area contributed by atoms with Gasteiger partial charge in [0.25, 0.3) is 0 Å². The predicted octanol–water partition coefficient (Wildman–Crippen LogP) is 3.48. The fraction of sp³-hybridized carbons (Fsp3) is 0.625. The highest BCUT2D eigenvalue weighted by Gasteiger charge is 2.76. The Morgan fingerprint density at radius 2 is 1.85 bits per heavy atom. The lowest BCUT2D eigenvalue weighted by Crippen LogP contribution is -2.79. The summed E-state index contributed by atoms with van der Waals surface area (Å²) in [5.74, 6) is -1.86. The zero-order valence-electron chi connectivity index (χ0n) is 24.3. The quantitative estimate of drug-likeness (QED) is 0.415. The molecule has 222 valence electrons. The lowest BCUT2D eigenvalue weighted by Gasteiger charge is -2.68. The molecule has 41 heavy (non-hydrogen) atoms. The van der Waals surface area contributed by atoms with Crippen molar-refractivity contribution in [2.24, 2.45) is 16.7 Å². The number of aliphatic hydroxyl groups is 2. The smallest absolute Gasteiger partial charge is 0.338 e. The van der Waals surface area contributed by atoms with Crippen LogP contribution in [-0.2, 0) is 28.5 Å². The lowest BCUT2D eigenvalue weighted by atomic mass is 9.45. The van der Waals surface area contributed by atoms with E-state index in [9.17, 15) is 19.8 Å². The number of hydrogen-bond acceptors (Lipinski definition) is 9. The summed E-state index contributed by atoms with van der Waals surface area (Å²) < 4.78 is 31.6. The van der Waals surface area contributed by atoms with E-state index in [2.05, 4.69) is 6.58 Å². The summed E-state index contributed by atoms with van der Waals surface area (Å²) in [7, 11) is 0. The van der Waals surface area contributed by atoms with Crippen LogP contribution in [0.25, 0.3) is 0 Å². The molecule has 5 aliphatic rings. The molecule has 2 heterocycles. The maximum atomic E-state index is 13.8. The van der Waals surface area contributed by atoms with E-state index in [4.69, 9.17) is 23.7 Å². The van der Waals surface area contributed by atoms with Crippen molar-refractivity contribution >= 4 is 11.9 Å². The molecule has 9 heteroatoms. The number of aliphatic hydroxyl groups excluding tert-OH is 1. The van der Waals surface area contributed by atoms with Crippen molar-refractivity contribution in [1.82, 2.24) is 0 Å². The largest absolute Gasteiger partial charge is 0.455 e. The first kappa shape index (κ1) is 28.6. The van der Waals surface area contributed by atoms with Gasteiger partial charge in [0.2, 0.25) is 0 Å². The number of benzene rings is 1. The molecule has 1 aromatic rings. The maximum absolute atomic E-state index is 13.8. The summed E-state index contributed by atoms with van der Waals surface area (Å²) >= 11 is 0. The Hall–Kier alpha value is -2.56. The fourth-order valence-corrected chi connectivity index (χ4v) is 8.64. The molecule has 2 N–H and O–H groups in total. The summed E-state index contributed by atoms with van der Waals surface area (Å²) in [6.07, 6.45) is -1.96. The predicted molar refractivity (Wildman–Crippen MR) is 146 cm³/mol. The average Bonchev–Trinajstić information content (AvgIpc) is 3.34. The summed E-state index contributed by atoms with van der Waals surface area (Å²) in [4.78, 5) is 26.5. The highest BCUT2D eigenvalue weighted by atomic mass is 16.7. The van der Waals surface area contributed by atoms with Gasteiger partial charge in [-0.25, -0.2) is 4.79 Å². The molecule has 0 spiro atoms. The molecule has 0 unspecified atom stereocenters. The minimum absolute atomic E-state index is 0.0839. The molecular weight excluding hydrogens is 528 g/mol. The van der Waals surface area contributed by atoms with Crippen molar-refractivity contribution in [3.8, 4) is 0 Å². The van der Waals surface area contributed by atoms with Crippen LogP contribution in [0.15, 0.2) is 54.1 Å². The van der Waals surface area contributed by atoms with Crippen LogP contribution in [0.4, 0.5) is 0 Å². The highest BCUT2D eigenvalue weighted by molar-refractivity contribution is 5.89. The number of carbonyl (C=O) groups excluding carboxylic acids is 2. The van der Waals surface area contributed by atoms with Crippen LogP contribution in [0.5, 0.6) is 0 Å². The van der Waals surface area contributed by atoms with Crippen LogP contribution in [0.1, 0.15) is 64.2 Å². The third kappa shape index (κ3) is 3.86. The average molecular weight is 569 g/mol. The Bertz CT molecular complexity index is 1290. The van der Waals surface area contributed by atoms with E-state index in [0.717, 1.165) is 5.57 Å². The number of rotatable bonds is 4. The second kappa shape index (κ2) is 9.47. The standard InChI is InChI=1S/C32H40O9/c1-7-22-38-24-23-17(2)20(34)15-32(36,29(23,4)5)27(40-28(35)19-11-9-8-10-12-19)25-30(6,26(24)39-22)14-13-21-31(25,16-37-21)41-18(3)33/h7-12,20-22,24-27,34,36H,1,13-16H2,2-6H3/t20-,21+,22+,24+,25-,26+,27-,30+,31-,32+/m0/s1. The third-order valence-electron chi connectivity index (χ3n) is 10.7. The number of hydrogen-bond donors (Lipinski definition) is 2. The molecule has 2 saturated carbocycles. The molecule has 10 atom stereocenters. The van der Waals surface area contributed by atoms with Crippen molar-refractivity contribution in [3.05, 3.63) is 59.7 Å². The van der Waals surface area contributed by atoms with Gasteiger partial charge in [0.1, 0.15) is 23.9 Å². The second-order valence-electron chi connectivity index (χ2n) is 13.1. The molecule has 1 aromatic carbocycles. The SMILES string of the molecule is C=C[C@@H]1O[C@@H]2C3=C(C)[C@@H](O)C[C@@](O)([C@@H](OC(=O)c4ccccc4)[C@H]4[C@@](C)(CC[C@H]5OC[C@]54OC(C)=O)[C@@H]2O1)C3(C)C. The summed E-state index contributed by atoms with van der Waals surface area (Å²) in [6, 6.07) is 8.60. The number of ether oxygens (including phenoxy) is 5. The zero-order chi connectivity index (χ0) is 29.5. The van der Waals surface area contributed by atoms with Gasteiger partial charge in [0.05, 0.1) is 30.3 Å². The van der Waals surface area contributed by atoms with Gasteiger partial charge in [0, 0.05) is 24.2 Å². The van der Waals surface area contributed by atoms with Gasteiger partial charge in [-0.3, -0.25) is 4.79 Å². The van der Waals surface area contributed by atoms with Crippen molar-refractivity contribution in [2.45, 2.75) is 102 Å².